The molecule has 0 atom stereocenters. The van der Waals surface area contributed by atoms with E-state index in [-0.39, 0.29) is 5.69 Å². The molecule has 2 aromatic carbocycles. The van der Waals surface area contributed by atoms with Gasteiger partial charge in [-0.2, -0.15) is 4.99 Å². The predicted octanol–water partition coefficient (Wildman–Crippen LogP) is 7.05. The van der Waals surface area contributed by atoms with Gasteiger partial charge in [0.05, 0.1) is 5.16 Å². The summed E-state index contributed by atoms with van der Waals surface area (Å²) in [5.74, 6) is 0.0169. The molecular formula is C21H21F2NS. The molecule has 1 fully saturated rings. The molecule has 1 aliphatic carbocycles. The molecule has 0 N–H and O–H groups in total. The van der Waals surface area contributed by atoms with E-state index in [1.54, 1.807) is 0 Å². The molecule has 0 radical (unpaired) electrons. The molecule has 0 aromatic heterocycles. The molecular weight excluding hydrogens is 336 g/mol. The highest BCUT2D eigenvalue weighted by molar-refractivity contribution is 7.78. The number of thiocarbonyl (C=S) groups is 1. The maximum atomic E-state index is 14.0. The van der Waals surface area contributed by atoms with Gasteiger partial charge in [-0.1, -0.05) is 37.6 Å². The summed E-state index contributed by atoms with van der Waals surface area (Å²) in [7, 11) is 0. The third-order valence-corrected chi connectivity index (χ3v) is 5.41. The van der Waals surface area contributed by atoms with Gasteiger partial charge in [-0.05, 0) is 78.6 Å². The highest BCUT2D eigenvalue weighted by atomic mass is 32.1. The Morgan fingerprint density at radius 2 is 1.60 bits per heavy atom. The highest BCUT2D eigenvalue weighted by Crippen LogP contribution is 2.37. The molecule has 4 heteroatoms. The fourth-order valence-electron chi connectivity index (χ4n) is 3.74. The minimum atomic E-state index is -0.727. The van der Waals surface area contributed by atoms with Gasteiger partial charge < -0.3 is 0 Å². The maximum Gasteiger partial charge on any atom is 0.153 e. The number of aliphatic imine (C=N–C) groups is 1. The van der Waals surface area contributed by atoms with Crippen LogP contribution < -0.4 is 0 Å². The molecule has 0 heterocycles. The first-order valence-corrected chi connectivity index (χ1v) is 9.20. The lowest BCUT2D eigenvalue weighted by Gasteiger charge is -2.28. The molecule has 1 nitrogen and oxygen atoms in total. The standard InChI is InChI=1S/C21H21F2NS/c1-2-14-3-5-15(6-4-14)16-7-9-17(10-8-16)18-11-19(22)21(24-13-25)20(23)12-18/h7-12,14-15H,2-6H2,1H3. The number of isothiocyanates is 1. The van der Waals surface area contributed by atoms with Crippen molar-refractivity contribution in [2.75, 3.05) is 0 Å². The minimum Gasteiger partial charge on any atom is -0.204 e. The van der Waals surface area contributed by atoms with Crippen molar-refractivity contribution in [1.82, 2.24) is 0 Å². The predicted molar refractivity (Wildman–Crippen MR) is 101 cm³/mol. The SMILES string of the molecule is CCC1CCC(c2ccc(-c3cc(F)c(N=C=S)c(F)c3)cc2)CC1. The second kappa shape index (κ2) is 7.99. The van der Waals surface area contributed by atoms with Crippen molar-refractivity contribution < 1.29 is 8.78 Å². The van der Waals surface area contributed by atoms with Crippen LogP contribution in [0.1, 0.15) is 50.5 Å². The van der Waals surface area contributed by atoms with E-state index in [1.807, 2.05) is 17.3 Å². The third kappa shape index (κ3) is 4.02. The summed E-state index contributed by atoms with van der Waals surface area (Å²) >= 11 is 4.42. The molecule has 3 rings (SSSR count). The summed E-state index contributed by atoms with van der Waals surface area (Å²) in [6.45, 7) is 2.27. The van der Waals surface area contributed by atoms with Crippen LogP contribution in [-0.4, -0.2) is 5.16 Å². The first kappa shape index (κ1) is 17.9. The van der Waals surface area contributed by atoms with E-state index in [1.165, 1.54) is 49.8 Å². The molecule has 0 aliphatic heterocycles. The van der Waals surface area contributed by atoms with Crippen LogP contribution >= 0.6 is 12.2 Å². The van der Waals surface area contributed by atoms with Crippen molar-refractivity contribution in [2.45, 2.75) is 44.9 Å². The Labute approximate surface area is 152 Å². The summed E-state index contributed by atoms with van der Waals surface area (Å²) in [4.78, 5) is 3.44. The van der Waals surface area contributed by atoms with Gasteiger partial charge in [0.15, 0.2) is 11.6 Å². The van der Waals surface area contributed by atoms with E-state index in [4.69, 9.17) is 0 Å². The number of nitrogens with zero attached hydrogens (tertiary/aromatic N) is 1. The second-order valence-electron chi connectivity index (χ2n) is 6.74. The van der Waals surface area contributed by atoms with Crippen LogP contribution in [0.25, 0.3) is 11.1 Å². The normalized spacial score (nSPS) is 20.1. The molecule has 0 amide bonds. The fraction of sp³-hybridized carbons (Fsp3) is 0.381. The van der Waals surface area contributed by atoms with Crippen molar-refractivity contribution in [2.24, 2.45) is 10.9 Å². The Kier molecular flexibility index (Phi) is 5.72. The minimum absolute atomic E-state index is 0.386. The van der Waals surface area contributed by atoms with Crippen LogP contribution in [0.15, 0.2) is 41.4 Å². The Bertz CT molecular complexity index is 763. The Morgan fingerprint density at radius 1 is 1.00 bits per heavy atom. The lowest BCUT2D eigenvalue weighted by Crippen LogP contribution is -2.12. The van der Waals surface area contributed by atoms with E-state index in [0.717, 1.165) is 11.5 Å². The van der Waals surface area contributed by atoms with Crippen LogP contribution in [0.4, 0.5) is 14.5 Å². The first-order valence-electron chi connectivity index (χ1n) is 8.79. The molecule has 1 saturated carbocycles. The molecule has 0 saturated heterocycles. The van der Waals surface area contributed by atoms with Crippen molar-refractivity contribution >= 4 is 23.1 Å². The highest BCUT2D eigenvalue weighted by Gasteiger charge is 2.21. The molecule has 0 spiro atoms. The fourth-order valence-corrected chi connectivity index (χ4v) is 3.83. The van der Waals surface area contributed by atoms with E-state index in [9.17, 15) is 8.78 Å². The van der Waals surface area contributed by atoms with Gasteiger partial charge in [-0.25, -0.2) is 8.78 Å². The smallest absolute Gasteiger partial charge is 0.153 e. The van der Waals surface area contributed by atoms with Gasteiger partial charge in [0.2, 0.25) is 0 Å². The van der Waals surface area contributed by atoms with E-state index in [0.29, 0.717) is 11.5 Å². The zero-order valence-corrected chi connectivity index (χ0v) is 15.1. The van der Waals surface area contributed by atoms with E-state index < -0.39 is 11.6 Å². The summed E-state index contributed by atoms with van der Waals surface area (Å²) in [6.07, 6.45) is 6.31. The number of hydrogen-bond acceptors (Lipinski definition) is 2. The van der Waals surface area contributed by atoms with Gasteiger partial charge in [0, 0.05) is 0 Å². The van der Waals surface area contributed by atoms with E-state index >= 15 is 0 Å². The van der Waals surface area contributed by atoms with Crippen LogP contribution in [0.5, 0.6) is 0 Å². The average molecular weight is 357 g/mol. The number of benzene rings is 2. The van der Waals surface area contributed by atoms with Gasteiger partial charge in [-0.3, -0.25) is 0 Å². The summed E-state index contributed by atoms with van der Waals surface area (Å²) < 4.78 is 28.0. The van der Waals surface area contributed by atoms with Crippen molar-refractivity contribution in [3.8, 4) is 11.1 Å². The lowest BCUT2D eigenvalue weighted by atomic mass is 9.77. The monoisotopic (exact) mass is 357 g/mol. The van der Waals surface area contributed by atoms with Crippen LogP contribution in [-0.2, 0) is 0 Å². The third-order valence-electron chi connectivity index (χ3n) is 5.31. The molecule has 25 heavy (non-hydrogen) atoms. The molecule has 1 aliphatic rings. The maximum absolute atomic E-state index is 14.0. The van der Waals surface area contributed by atoms with Gasteiger partial charge in [0.1, 0.15) is 5.69 Å². The van der Waals surface area contributed by atoms with Crippen LogP contribution in [0.2, 0.25) is 0 Å². The van der Waals surface area contributed by atoms with Crippen molar-refractivity contribution in [3.63, 3.8) is 0 Å². The lowest BCUT2D eigenvalue weighted by molar-refractivity contribution is 0.319. The zero-order valence-electron chi connectivity index (χ0n) is 14.3. The van der Waals surface area contributed by atoms with Crippen LogP contribution in [0, 0.1) is 17.6 Å². The summed E-state index contributed by atoms with van der Waals surface area (Å²) in [6, 6.07) is 10.6. The molecule has 0 bridgehead atoms. The van der Waals surface area contributed by atoms with Gasteiger partial charge in [-0.15, -0.1) is 0 Å². The average Bonchev–Trinajstić information content (AvgIpc) is 2.65. The summed E-state index contributed by atoms with van der Waals surface area (Å²) in [5.41, 5.74) is 2.23. The Balaban J connectivity index is 1.80. The number of hydrogen-bond donors (Lipinski definition) is 0. The molecule has 0 unspecified atom stereocenters. The van der Waals surface area contributed by atoms with Gasteiger partial charge in [0.25, 0.3) is 0 Å². The summed E-state index contributed by atoms with van der Waals surface area (Å²) in [5, 5.41) is 2.00. The zero-order chi connectivity index (χ0) is 17.8. The number of halogens is 2. The molecule has 130 valence electrons. The second-order valence-corrected chi connectivity index (χ2v) is 6.92. The van der Waals surface area contributed by atoms with E-state index in [2.05, 4.69) is 36.3 Å². The Hall–Kier alpha value is -1.90. The quantitative estimate of drug-likeness (QED) is 0.422. The molecule has 2 aromatic rings. The van der Waals surface area contributed by atoms with Gasteiger partial charge >= 0.3 is 0 Å². The topological polar surface area (TPSA) is 12.4 Å². The van der Waals surface area contributed by atoms with Crippen molar-refractivity contribution in [1.29, 1.82) is 0 Å². The Morgan fingerprint density at radius 3 is 2.12 bits per heavy atom. The first-order chi connectivity index (χ1) is 12.1. The van der Waals surface area contributed by atoms with Crippen molar-refractivity contribution in [3.05, 3.63) is 53.6 Å². The van der Waals surface area contributed by atoms with Crippen LogP contribution in [0.3, 0.4) is 0 Å². The number of rotatable bonds is 4. The largest absolute Gasteiger partial charge is 0.204 e.